The summed E-state index contributed by atoms with van der Waals surface area (Å²) in [6, 6.07) is 3.74. The summed E-state index contributed by atoms with van der Waals surface area (Å²) < 4.78 is 5.18. The van der Waals surface area contributed by atoms with Crippen LogP contribution in [0.25, 0.3) is 0 Å². The lowest BCUT2D eigenvalue weighted by Crippen LogP contribution is -2.47. The SMILES string of the molecule is CC(C)c1ccc2c(c1O)C(=O)C[C@H]1C3=C(CC[C@]21CO)C(=O)OC3. The van der Waals surface area contributed by atoms with Gasteiger partial charge in [-0.2, -0.15) is 0 Å². The van der Waals surface area contributed by atoms with Gasteiger partial charge >= 0.3 is 5.97 Å². The van der Waals surface area contributed by atoms with Crippen LogP contribution in [0.4, 0.5) is 0 Å². The summed E-state index contributed by atoms with van der Waals surface area (Å²) >= 11 is 0. The number of carbonyl (C=O) groups is 2. The molecular formula is C20H22O5. The monoisotopic (exact) mass is 342 g/mol. The van der Waals surface area contributed by atoms with Crippen molar-refractivity contribution >= 4 is 11.8 Å². The summed E-state index contributed by atoms with van der Waals surface area (Å²) in [7, 11) is 0. The second-order valence-electron chi connectivity index (χ2n) is 7.65. The first-order valence-electron chi connectivity index (χ1n) is 8.80. The van der Waals surface area contributed by atoms with E-state index >= 15 is 0 Å². The number of rotatable bonds is 2. The average Bonchev–Trinajstić information content (AvgIpc) is 2.96. The largest absolute Gasteiger partial charge is 0.507 e. The maximum absolute atomic E-state index is 12.9. The van der Waals surface area contributed by atoms with Crippen LogP contribution in [0.3, 0.4) is 0 Å². The van der Waals surface area contributed by atoms with Crippen molar-refractivity contribution in [3.8, 4) is 5.75 Å². The Bertz CT molecular complexity index is 820. The predicted molar refractivity (Wildman–Crippen MR) is 90.6 cm³/mol. The van der Waals surface area contributed by atoms with Crippen molar-refractivity contribution in [3.63, 3.8) is 0 Å². The maximum atomic E-state index is 12.9. The number of fused-ring (bicyclic) bond motifs is 4. The summed E-state index contributed by atoms with van der Waals surface area (Å²) in [5.74, 6) is -0.517. The second kappa shape index (κ2) is 5.43. The number of ketones is 1. The molecule has 1 heterocycles. The van der Waals surface area contributed by atoms with E-state index in [1.807, 2.05) is 26.0 Å². The number of aromatic hydroxyl groups is 1. The van der Waals surface area contributed by atoms with Gasteiger partial charge in [-0.3, -0.25) is 4.79 Å². The highest BCUT2D eigenvalue weighted by atomic mass is 16.5. The first kappa shape index (κ1) is 16.3. The Morgan fingerprint density at radius 3 is 2.76 bits per heavy atom. The second-order valence-corrected chi connectivity index (χ2v) is 7.65. The number of carbonyl (C=O) groups excluding carboxylic acids is 2. The molecular weight excluding hydrogens is 320 g/mol. The first-order chi connectivity index (χ1) is 11.9. The molecule has 3 aliphatic rings. The number of phenols is 1. The zero-order chi connectivity index (χ0) is 17.9. The van der Waals surface area contributed by atoms with E-state index in [1.165, 1.54) is 0 Å². The molecule has 132 valence electrons. The van der Waals surface area contributed by atoms with Gasteiger partial charge in [0.15, 0.2) is 5.78 Å². The van der Waals surface area contributed by atoms with Gasteiger partial charge in [0.05, 0.1) is 12.2 Å². The Kier molecular flexibility index (Phi) is 3.55. The Balaban J connectivity index is 1.93. The summed E-state index contributed by atoms with van der Waals surface area (Å²) in [6.45, 7) is 4.03. The predicted octanol–water partition coefficient (Wildman–Crippen LogP) is 2.60. The molecule has 2 atom stereocenters. The van der Waals surface area contributed by atoms with E-state index in [1.54, 1.807) is 0 Å². The third kappa shape index (κ3) is 2.05. The van der Waals surface area contributed by atoms with Crippen LogP contribution in [0.15, 0.2) is 23.3 Å². The summed E-state index contributed by atoms with van der Waals surface area (Å²) in [5.41, 5.74) is 2.71. The number of ether oxygens (including phenoxy) is 1. The fourth-order valence-electron chi connectivity index (χ4n) is 4.85. The van der Waals surface area contributed by atoms with Gasteiger partial charge in [-0.1, -0.05) is 26.0 Å². The fourth-order valence-corrected chi connectivity index (χ4v) is 4.85. The molecule has 0 amide bonds. The molecule has 0 fully saturated rings. The Hall–Kier alpha value is -2.14. The topological polar surface area (TPSA) is 83.8 Å². The van der Waals surface area contributed by atoms with Crippen LogP contribution in [-0.2, 0) is 14.9 Å². The highest BCUT2D eigenvalue weighted by molar-refractivity contribution is 6.03. The lowest BCUT2D eigenvalue weighted by atomic mass is 9.55. The molecule has 1 aliphatic heterocycles. The van der Waals surface area contributed by atoms with Gasteiger partial charge in [0, 0.05) is 23.3 Å². The molecule has 0 spiro atoms. The molecule has 0 radical (unpaired) electrons. The lowest BCUT2D eigenvalue weighted by molar-refractivity contribution is -0.136. The van der Waals surface area contributed by atoms with Gasteiger partial charge in [-0.05, 0) is 35.5 Å². The van der Waals surface area contributed by atoms with Crippen LogP contribution in [-0.4, -0.2) is 35.2 Å². The minimum absolute atomic E-state index is 0.0438. The lowest BCUT2D eigenvalue weighted by Gasteiger charge is -2.47. The number of Topliss-reactive ketones (excluding diaryl/α,β-unsaturated/α-hetero) is 1. The molecule has 25 heavy (non-hydrogen) atoms. The van der Waals surface area contributed by atoms with Gasteiger partial charge in [0.2, 0.25) is 0 Å². The zero-order valence-electron chi connectivity index (χ0n) is 14.5. The molecule has 1 aromatic rings. The minimum atomic E-state index is -0.636. The van der Waals surface area contributed by atoms with Crippen molar-refractivity contribution in [2.75, 3.05) is 13.2 Å². The molecule has 0 saturated carbocycles. The van der Waals surface area contributed by atoms with E-state index in [4.69, 9.17) is 4.74 Å². The Morgan fingerprint density at radius 1 is 1.32 bits per heavy atom. The van der Waals surface area contributed by atoms with Crippen molar-refractivity contribution in [1.29, 1.82) is 0 Å². The van der Waals surface area contributed by atoms with E-state index in [-0.39, 0.29) is 49.0 Å². The van der Waals surface area contributed by atoms with Crippen LogP contribution >= 0.6 is 0 Å². The van der Waals surface area contributed by atoms with E-state index < -0.39 is 5.41 Å². The Morgan fingerprint density at radius 2 is 2.08 bits per heavy atom. The number of aliphatic hydroxyl groups is 1. The molecule has 0 unspecified atom stereocenters. The van der Waals surface area contributed by atoms with Crippen molar-refractivity contribution in [3.05, 3.63) is 40.0 Å². The van der Waals surface area contributed by atoms with E-state index in [0.717, 1.165) is 11.1 Å². The molecule has 0 saturated heterocycles. The van der Waals surface area contributed by atoms with E-state index in [2.05, 4.69) is 0 Å². The van der Waals surface area contributed by atoms with Gasteiger partial charge in [0.25, 0.3) is 0 Å². The number of phenolic OH excluding ortho intramolecular Hbond substituents is 1. The van der Waals surface area contributed by atoms with E-state index in [0.29, 0.717) is 29.5 Å². The van der Waals surface area contributed by atoms with Crippen LogP contribution < -0.4 is 0 Å². The zero-order valence-corrected chi connectivity index (χ0v) is 14.5. The van der Waals surface area contributed by atoms with Gasteiger partial charge in [-0.25, -0.2) is 4.79 Å². The summed E-state index contributed by atoms with van der Waals surface area (Å²) in [5, 5.41) is 21.0. The quantitative estimate of drug-likeness (QED) is 0.807. The molecule has 0 bridgehead atoms. The molecule has 2 aliphatic carbocycles. The van der Waals surface area contributed by atoms with Crippen molar-refractivity contribution in [2.24, 2.45) is 5.92 Å². The summed E-state index contributed by atoms with van der Waals surface area (Å²) in [4.78, 5) is 24.8. The third-order valence-electron chi connectivity index (χ3n) is 6.22. The minimum Gasteiger partial charge on any atom is -0.507 e. The van der Waals surface area contributed by atoms with Crippen LogP contribution in [0.5, 0.6) is 5.75 Å². The van der Waals surface area contributed by atoms with Gasteiger partial charge in [0.1, 0.15) is 12.4 Å². The number of hydrogen-bond donors (Lipinski definition) is 2. The molecule has 2 N–H and O–H groups in total. The number of hydrogen-bond acceptors (Lipinski definition) is 5. The number of benzene rings is 1. The third-order valence-corrected chi connectivity index (χ3v) is 6.22. The number of aliphatic hydroxyl groups excluding tert-OH is 1. The molecule has 4 rings (SSSR count). The van der Waals surface area contributed by atoms with Crippen LogP contribution in [0.1, 0.15) is 60.5 Å². The normalized spacial score (nSPS) is 27.9. The highest BCUT2D eigenvalue weighted by Crippen LogP contribution is 2.55. The van der Waals surface area contributed by atoms with Crippen molar-refractivity contribution in [2.45, 2.75) is 44.4 Å². The molecule has 5 nitrogen and oxygen atoms in total. The Labute approximate surface area is 146 Å². The number of esters is 1. The standard InChI is InChI=1S/C20H22O5/c1-10(2)11-3-4-14-17(18(11)23)16(22)7-15-13-8-25-19(24)12(13)5-6-20(14,15)9-21/h3-4,10,15,21,23H,5-9H2,1-2H3/t15-,20-/m0/s1. The molecule has 5 heteroatoms. The molecule has 0 aromatic heterocycles. The van der Waals surface area contributed by atoms with Gasteiger partial charge < -0.3 is 14.9 Å². The maximum Gasteiger partial charge on any atom is 0.334 e. The molecule has 1 aromatic carbocycles. The number of cyclic esters (lactones) is 1. The van der Waals surface area contributed by atoms with Gasteiger partial charge in [-0.15, -0.1) is 0 Å². The smallest absolute Gasteiger partial charge is 0.334 e. The fraction of sp³-hybridized carbons (Fsp3) is 0.500. The van der Waals surface area contributed by atoms with Crippen LogP contribution in [0.2, 0.25) is 0 Å². The average molecular weight is 342 g/mol. The summed E-state index contributed by atoms with van der Waals surface area (Å²) in [6.07, 6.45) is 1.30. The first-order valence-corrected chi connectivity index (χ1v) is 8.80. The van der Waals surface area contributed by atoms with Crippen LogP contribution in [0, 0.1) is 5.92 Å². The van der Waals surface area contributed by atoms with Crippen molar-refractivity contribution < 1.29 is 24.5 Å². The van der Waals surface area contributed by atoms with E-state index in [9.17, 15) is 19.8 Å². The van der Waals surface area contributed by atoms with Crippen molar-refractivity contribution in [1.82, 2.24) is 0 Å². The highest BCUT2D eigenvalue weighted by Gasteiger charge is 2.53.